The Morgan fingerprint density at radius 1 is 1.19 bits per heavy atom. The van der Waals surface area contributed by atoms with Gasteiger partial charge in [0, 0.05) is 30.8 Å². The molecule has 0 spiro atoms. The van der Waals surface area contributed by atoms with Crippen LogP contribution >= 0.6 is 11.3 Å². The van der Waals surface area contributed by atoms with Crippen molar-refractivity contribution < 1.29 is 4.79 Å². The van der Waals surface area contributed by atoms with Crippen molar-refractivity contribution in [3.63, 3.8) is 0 Å². The van der Waals surface area contributed by atoms with E-state index in [1.165, 1.54) is 9.56 Å². The molecule has 0 saturated carbocycles. The quantitative estimate of drug-likeness (QED) is 0.659. The molecule has 0 aliphatic heterocycles. The van der Waals surface area contributed by atoms with Crippen molar-refractivity contribution in [1.82, 2.24) is 19.5 Å². The van der Waals surface area contributed by atoms with Gasteiger partial charge >= 0.3 is 0 Å². The van der Waals surface area contributed by atoms with Gasteiger partial charge in [0.1, 0.15) is 11.3 Å². The molecule has 1 N–H and O–H groups in total. The van der Waals surface area contributed by atoms with E-state index < -0.39 is 0 Å². The molecule has 0 aliphatic rings. The first kappa shape index (κ1) is 18.6. The minimum atomic E-state index is -0.0855. The van der Waals surface area contributed by atoms with E-state index >= 15 is 0 Å². The van der Waals surface area contributed by atoms with E-state index in [1.54, 1.807) is 11.3 Å². The second-order valence-electron chi connectivity index (χ2n) is 6.43. The van der Waals surface area contributed by atoms with Crippen molar-refractivity contribution in [2.24, 2.45) is 0 Å². The van der Waals surface area contributed by atoms with Gasteiger partial charge in [0.25, 0.3) is 5.56 Å². The Hall–Kier alpha value is -2.15. The fraction of sp³-hybridized carbons (Fsp3) is 0.526. The maximum atomic E-state index is 12.9. The third-order valence-electron chi connectivity index (χ3n) is 4.50. The fourth-order valence-corrected chi connectivity index (χ4v) is 4.16. The lowest BCUT2D eigenvalue weighted by Gasteiger charge is -2.10. The number of aromatic nitrogens is 3. The van der Waals surface area contributed by atoms with Gasteiger partial charge in [-0.15, -0.1) is 11.3 Å². The number of nitrogens with one attached hydrogen (secondary N) is 1. The first-order chi connectivity index (χ1) is 12.6. The molecule has 3 rings (SSSR count). The summed E-state index contributed by atoms with van der Waals surface area (Å²) in [5.74, 6) is 0.914. The summed E-state index contributed by atoms with van der Waals surface area (Å²) in [5.41, 5.74) is 1.67. The molecular formula is C19H26N4O2S. The van der Waals surface area contributed by atoms with Gasteiger partial charge in [-0.3, -0.25) is 14.0 Å². The summed E-state index contributed by atoms with van der Waals surface area (Å²) in [6, 6.07) is 4.14. The van der Waals surface area contributed by atoms with Crippen LogP contribution in [-0.2, 0) is 24.2 Å². The van der Waals surface area contributed by atoms with Crippen molar-refractivity contribution in [3.05, 3.63) is 33.2 Å². The van der Waals surface area contributed by atoms with Crippen LogP contribution in [0.4, 0.5) is 0 Å². The monoisotopic (exact) mass is 374 g/mol. The SMILES string of the molecule is CCCNC(=O)CCCn1nc(CC)n2c(cc3sc(CC)cc32)c1=O. The summed E-state index contributed by atoms with van der Waals surface area (Å²) >= 11 is 1.74. The molecule has 0 saturated heterocycles. The van der Waals surface area contributed by atoms with Crippen molar-refractivity contribution >= 4 is 33.0 Å². The molecule has 0 fully saturated rings. The van der Waals surface area contributed by atoms with Crippen LogP contribution in [0.5, 0.6) is 0 Å². The second kappa shape index (κ2) is 8.03. The van der Waals surface area contributed by atoms with E-state index in [-0.39, 0.29) is 11.5 Å². The zero-order chi connectivity index (χ0) is 18.7. The number of fused-ring (bicyclic) bond motifs is 3. The van der Waals surface area contributed by atoms with Crippen molar-refractivity contribution in [1.29, 1.82) is 0 Å². The van der Waals surface area contributed by atoms with E-state index in [1.807, 2.05) is 24.3 Å². The third kappa shape index (κ3) is 3.53. The molecule has 6 nitrogen and oxygen atoms in total. The second-order valence-corrected chi connectivity index (χ2v) is 7.60. The van der Waals surface area contributed by atoms with Crippen molar-refractivity contribution in [3.8, 4) is 0 Å². The summed E-state index contributed by atoms with van der Waals surface area (Å²) in [4.78, 5) is 25.9. The highest BCUT2D eigenvalue weighted by Crippen LogP contribution is 2.29. The zero-order valence-electron chi connectivity index (χ0n) is 15.7. The Morgan fingerprint density at radius 2 is 2.00 bits per heavy atom. The Kier molecular flexibility index (Phi) is 5.76. The predicted octanol–water partition coefficient (Wildman–Crippen LogP) is 3.14. The maximum absolute atomic E-state index is 12.9. The number of hydrogen-bond acceptors (Lipinski definition) is 4. The summed E-state index contributed by atoms with van der Waals surface area (Å²) in [6.45, 7) is 7.37. The first-order valence-electron chi connectivity index (χ1n) is 9.39. The van der Waals surface area contributed by atoms with Crippen molar-refractivity contribution in [2.45, 2.75) is 59.4 Å². The number of amides is 1. The fourth-order valence-electron chi connectivity index (χ4n) is 3.14. The molecule has 0 aliphatic carbocycles. The number of nitrogens with zero attached hydrogens (tertiary/aromatic N) is 3. The van der Waals surface area contributed by atoms with E-state index in [9.17, 15) is 9.59 Å². The maximum Gasteiger partial charge on any atom is 0.291 e. The van der Waals surface area contributed by atoms with Crippen LogP contribution < -0.4 is 10.9 Å². The van der Waals surface area contributed by atoms with Gasteiger partial charge in [-0.2, -0.15) is 5.10 Å². The molecule has 3 heterocycles. The Labute approximate surface area is 156 Å². The molecule has 0 unspecified atom stereocenters. The van der Waals surface area contributed by atoms with Crippen LogP contribution in [0.15, 0.2) is 16.9 Å². The molecule has 3 aromatic rings. The van der Waals surface area contributed by atoms with Gasteiger partial charge in [0.2, 0.25) is 5.91 Å². The first-order valence-corrected chi connectivity index (χ1v) is 10.2. The van der Waals surface area contributed by atoms with Gasteiger partial charge < -0.3 is 5.32 Å². The Balaban J connectivity index is 1.89. The third-order valence-corrected chi connectivity index (χ3v) is 5.71. The number of hydrogen-bond donors (Lipinski definition) is 1. The summed E-state index contributed by atoms with van der Waals surface area (Å²) in [5, 5.41) is 7.44. The minimum Gasteiger partial charge on any atom is -0.356 e. The molecule has 0 atom stereocenters. The Morgan fingerprint density at radius 3 is 2.69 bits per heavy atom. The molecule has 0 radical (unpaired) electrons. The molecule has 26 heavy (non-hydrogen) atoms. The highest BCUT2D eigenvalue weighted by Gasteiger charge is 2.15. The van der Waals surface area contributed by atoms with E-state index in [0.717, 1.165) is 35.3 Å². The van der Waals surface area contributed by atoms with E-state index in [2.05, 4.69) is 23.4 Å². The van der Waals surface area contributed by atoms with Gasteiger partial charge in [0.05, 0.1) is 10.2 Å². The largest absolute Gasteiger partial charge is 0.356 e. The highest BCUT2D eigenvalue weighted by atomic mass is 32.1. The minimum absolute atomic E-state index is 0.0342. The lowest BCUT2D eigenvalue weighted by Crippen LogP contribution is -2.28. The Bertz CT molecular complexity index is 983. The van der Waals surface area contributed by atoms with Gasteiger partial charge in [-0.25, -0.2) is 4.68 Å². The number of carbonyl (C=O) groups is 1. The molecule has 7 heteroatoms. The number of carbonyl (C=O) groups excluding carboxylic acids is 1. The lowest BCUT2D eigenvalue weighted by molar-refractivity contribution is -0.121. The van der Waals surface area contributed by atoms with Crippen LogP contribution in [0.1, 0.15) is 50.7 Å². The van der Waals surface area contributed by atoms with Crippen LogP contribution in [0.2, 0.25) is 0 Å². The zero-order valence-corrected chi connectivity index (χ0v) is 16.5. The highest BCUT2D eigenvalue weighted by molar-refractivity contribution is 7.19. The summed E-state index contributed by atoms with van der Waals surface area (Å²) in [6.07, 6.45) is 3.68. The van der Waals surface area contributed by atoms with Gasteiger partial charge in [-0.05, 0) is 31.4 Å². The number of thiophene rings is 1. The van der Waals surface area contributed by atoms with Crippen LogP contribution in [0.3, 0.4) is 0 Å². The lowest BCUT2D eigenvalue weighted by atomic mass is 10.3. The average molecular weight is 375 g/mol. The standard InChI is InChI=1S/C19H26N4O2S/c1-4-9-20-18(24)8-7-10-22-19(25)15-12-16-14(11-13(5-2)26-16)23(15)17(6-3)21-22/h11-12H,4-10H2,1-3H3,(H,20,24). The predicted molar refractivity (Wildman–Crippen MR) is 106 cm³/mol. The molecule has 3 aromatic heterocycles. The van der Waals surface area contributed by atoms with Crippen molar-refractivity contribution in [2.75, 3.05) is 6.54 Å². The van der Waals surface area contributed by atoms with Gasteiger partial charge in [0.15, 0.2) is 0 Å². The molecule has 140 valence electrons. The smallest absolute Gasteiger partial charge is 0.291 e. The number of aryl methyl sites for hydroxylation is 3. The average Bonchev–Trinajstić information content (AvgIpc) is 3.20. The van der Waals surface area contributed by atoms with Crippen LogP contribution in [-0.4, -0.2) is 26.6 Å². The van der Waals surface area contributed by atoms with Crippen LogP contribution in [0.25, 0.3) is 15.7 Å². The van der Waals surface area contributed by atoms with E-state index in [4.69, 9.17) is 0 Å². The molecular weight excluding hydrogens is 348 g/mol. The molecule has 0 aromatic carbocycles. The molecule has 1 amide bonds. The molecule has 0 bridgehead atoms. The topological polar surface area (TPSA) is 68.4 Å². The van der Waals surface area contributed by atoms with E-state index in [0.29, 0.717) is 31.4 Å². The normalized spacial score (nSPS) is 11.5. The number of rotatable bonds is 8. The summed E-state index contributed by atoms with van der Waals surface area (Å²) in [7, 11) is 0. The van der Waals surface area contributed by atoms with Crippen LogP contribution in [0, 0.1) is 0 Å². The van der Waals surface area contributed by atoms with Gasteiger partial charge in [-0.1, -0.05) is 20.8 Å². The summed E-state index contributed by atoms with van der Waals surface area (Å²) < 4.78 is 4.65.